The monoisotopic (exact) mass is 346 g/mol. The second-order valence-electron chi connectivity index (χ2n) is 6.95. The van der Waals surface area contributed by atoms with Gasteiger partial charge in [0.25, 0.3) is 0 Å². The zero-order valence-corrected chi connectivity index (χ0v) is 15.4. The second-order valence-corrected chi connectivity index (χ2v) is 6.95. The van der Waals surface area contributed by atoms with Crippen LogP contribution in [0.1, 0.15) is 13.8 Å². The standard InChI is InChI=1S/C19H30N4O2/c1-3-20-8-10-23(11-9-20)19(25)16(2)21-12-14-22(15-13-21)17-6-4-5-7-18(17)24/h4-7,16,24H,3,8-15H2,1-2H3. The normalized spacial score (nSPS) is 21.4. The van der Waals surface area contributed by atoms with Crippen molar-refractivity contribution < 1.29 is 9.90 Å². The fourth-order valence-corrected chi connectivity index (χ4v) is 3.79. The quantitative estimate of drug-likeness (QED) is 0.884. The lowest BCUT2D eigenvalue weighted by Crippen LogP contribution is -2.57. The van der Waals surface area contributed by atoms with E-state index in [-0.39, 0.29) is 11.9 Å². The summed E-state index contributed by atoms with van der Waals surface area (Å²) >= 11 is 0. The van der Waals surface area contributed by atoms with Gasteiger partial charge in [-0.25, -0.2) is 0 Å². The zero-order valence-electron chi connectivity index (χ0n) is 15.4. The van der Waals surface area contributed by atoms with E-state index in [1.807, 2.05) is 30.0 Å². The van der Waals surface area contributed by atoms with E-state index in [1.54, 1.807) is 6.07 Å². The van der Waals surface area contributed by atoms with Gasteiger partial charge in [0, 0.05) is 52.4 Å². The predicted molar refractivity (Wildman–Crippen MR) is 100 cm³/mol. The van der Waals surface area contributed by atoms with E-state index in [4.69, 9.17) is 0 Å². The smallest absolute Gasteiger partial charge is 0.239 e. The number of aromatic hydroxyl groups is 1. The number of benzene rings is 1. The molecule has 0 aromatic heterocycles. The number of hydrogen-bond donors (Lipinski definition) is 1. The highest BCUT2D eigenvalue weighted by atomic mass is 16.3. The van der Waals surface area contributed by atoms with Gasteiger partial charge in [0.05, 0.1) is 11.7 Å². The Morgan fingerprint density at radius 1 is 1.04 bits per heavy atom. The van der Waals surface area contributed by atoms with Gasteiger partial charge in [-0.15, -0.1) is 0 Å². The third kappa shape index (κ3) is 4.07. The summed E-state index contributed by atoms with van der Waals surface area (Å²) in [6, 6.07) is 7.40. The third-order valence-corrected chi connectivity index (χ3v) is 5.57. The Balaban J connectivity index is 1.52. The molecule has 0 saturated carbocycles. The SMILES string of the molecule is CCN1CCN(C(=O)C(C)N2CCN(c3ccccc3O)CC2)CC1. The molecule has 1 unspecified atom stereocenters. The summed E-state index contributed by atoms with van der Waals surface area (Å²) in [5.41, 5.74) is 0.886. The minimum atomic E-state index is -0.0697. The topological polar surface area (TPSA) is 50.3 Å². The summed E-state index contributed by atoms with van der Waals surface area (Å²) in [6.07, 6.45) is 0. The van der Waals surface area contributed by atoms with Crippen LogP contribution >= 0.6 is 0 Å². The highest BCUT2D eigenvalue weighted by molar-refractivity contribution is 5.81. The number of nitrogens with zero attached hydrogens (tertiary/aromatic N) is 4. The minimum absolute atomic E-state index is 0.0697. The van der Waals surface area contributed by atoms with Gasteiger partial charge in [0.15, 0.2) is 0 Å². The van der Waals surface area contributed by atoms with Crippen molar-refractivity contribution >= 4 is 11.6 Å². The first-order valence-electron chi connectivity index (χ1n) is 9.38. The number of phenols is 1. The van der Waals surface area contributed by atoms with Crippen molar-refractivity contribution in [2.24, 2.45) is 0 Å². The van der Waals surface area contributed by atoms with E-state index >= 15 is 0 Å². The molecule has 0 bridgehead atoms. The molecule has 1 aromatic carbocycles. The van der Waals surface area contributed by atoms with Gasteiger partial charge >= 0.3 is 0 Å². The van der Waals surface area contributed by atoms with Crippen LogP contribution in [-0.4, -0.2) is 90.7 Å². The Bertz CT molecular complexity index is 579. The number of phenolic OH excluding ortho intramolecular Hbond substituents is 1. The number of para-hydroxylation sites is 2. The summed E-state index contributed by atoms with van der Waals surface area (Å²) in [5, 5.41) is 10.0. The molecule has 6 heteroatoms. The van der Waals surface area contributed by atoms with E-state index in [0.29, 0.717) is 5.75 Å². The molecule has 0 spiro atoms. The van der Waals surface area contributed by atoms with Gasteiger partial charge in [0.1, 0.15) is 5.75 Å². The van der Waals surface area contributed by atoms with E-state index in [1.165, 1.54) is 0 Å². The number of amides is 1. The molecule has 2 saturated heterocycles. The number of carbonyl (C=O) groups excluding carboxylic acids is 1. The van der Waals surface area contributed by atoms with Gasteiger partial charge in [-0.2, -0.15) is 0 Å². The molecule has 138 valence electrons. The largest absolute Gasteiger partial charge is 0.506 e. The highest BCUT2D eigenvalue weighted by Gasteiger charge is 2.30. The summed E-state index contributed by atoms with van der Waals surface area (Å²) < 4.78 is 0. The first kappa shape index (κ1) is 18.0. The van der Waals surface area contributed by atoms with Crippen molar-refractivity contribution in [3.63, 3.8) is 0 Å². The van der Waals surface area contributed by atoms with Crippen molar-refractivity contribution in [1.82, 2.24) is 14.7 Å². The van der Waals surface area contributed by atoms with Crippen molar-refractivity contribution in [2.45, 2.75) is 19.9 Å². The zero-order chi connectivity index (χ0) is 17.8. The lowest BCUT2D eigenvalue weighted by Gasteiger charge is -2.41. The van der Waals surface area contributed by atoms with E-state index in [9.17, 15) is 9.90 Å². The van der Waals surface area contributed by atoms with Crippen LogP contribution in [0.25, 0.3) is 0 Å². The molecule has 2 aliphatic heterocycles. The van der Waals surface area contributed by atoms with Crippen LogP contribution in [-0.2, 0) is 4.79 Å². The highest BCUT2D eigenvalue weighted by Crippen LogP contribution is 2.27. The van der Waals surface area contributed by atoms with Gasteiger partial charge in [-0.05, 0) is 25.6 Å². The lowest BCUT2D eigenvalue weighted by molar-refractivity contribution is -0.138. The Labute approximate surface area is 150 Å². The number of piperazine rings is 2. The Morgan fingerprint density at radius 3 is 2.28 bits per heavy atom. The summed E-state index contributed by atoms with van der Waals surface area (Å²) in [4.78, 5) is 21.7. The number of hydrogen-bond acceptors (Lipinski definition) is 5. The fourth-order valence-electron chi connectivity index (χ4n) is 3.79. The van der Waals surface area contributed by atoms with E-state index in [0.717, 1.165) is 64.6 Å². The summed E-state index contributed by atoms with van der Waals surface area (Å²) in [7, 11) is 0. The Hall–Kier alpha value is -1.79. The molecular weight excluding hydrogens is 316 g/mol. The molecule has 0 aliphatic carbocycles. The third-order valence-electron chi connectivity index (χ3n) is 5.57. The maximum atomic E-state index is 12.8. The van der Waals surface area contributed by atoms with Crippen molar-refractivity contribution in [2.75, 3.05) is 63.8 Å². The molecule has 3 rings (SSSR count). The molecular formula is C19H30N4O2. The van der Waals surface area contributed by atoms with Crippen molar-refractivity contribution in [1.29, 1.82) is 0 Å². The maximum absolute atomic E-state index is 12.8. The lowest BCUT2D eigenvalue weighted by atomic mass is 10.1. The first-order valence-corrected chi connectivity index (χ1v) is 9.38. The van der Waals surface area contributed by atoms with Crippen LogP contribution in [0.15, 0.2) is 24.3 Å². The molecule has 25 heavy (non-hydrogen) atoms. The maximum Gasteiger partial charge on any atom is 0.239 e. The molecule has 6 nitrogen and oxygen atoms in total. The van der Waals surface area contributed by atoms with E-state index in [2.05, 4.69) is 21.6 Å². The van der Waals surface area contributed by atoms with Gasteiger partial charge < -0.3 is 19.8 Å². The molecule has 0 radical (unpaired) electrons. The fraction of sp³-hybridized carbons (Fsp3) is 0.632. The Morgan fingerprint density at radius 2 is 1.68 bits per heavy atom. The number of likely N-dealkylation sites (N-methyl/N-ethyl adjacent to an activating group) is 1. The molecule has 1 N–H and O–H groups in total. The molecule has 2 aliphatic rings. The predicted octanol–water partition coefficient (Wildman–Crippen LogP) is 1.07. The minimum Gasteiger partial charge on any atom is -0.506 e. The van der Waals surface area contributed by atoms with Gasteiger partial charge in [-0.3, -0.25) is 9.69 Å². The van der Waals surface area contributed by atoms with E-state index < -0.39 is 0 Å². The molecule has 1 amide bonds. The Kier molecular flexibility index (Phi) is 5.81. The van der Waals surface area contributed by atoms with Crippen LogP contribution in [0.5, 0.6) is 5.75 Å². The van der Waals surface area contributed by atoms with Crippen LogP contribution < -0.4 is 4.90 Å². The van der Waals surface area contributed by atoms with Crippen LogP contribution in [0.3, 0.4) is 0 Å². The molecule has 2 heterocycles. The molecule has 2 fully saturated rings. The summed E-state index contributed by atoms with van der Waals surface area (Å²) in [5.74, 6) is 0.584. The van der Waals surface area contributed by atoms with Crippen LogP contribution in [0.2, 0.25) is 0 Å². The molecule has 1 aromatic rings. The van der Waals surface area contributed by atoms with Gasteiger partial charge in [-0.1, -0.05) is 19.1 Å². The summed E-state index contributed by atoms with van der Waals surface area (Å²) in [6.45, 7) is 12.3. The first-order chi connectivity index (χ1) is 12.1. The van der Waals surface area contributed by atoms with Crippen molar-refractivity contribution in [3.05, 3.63) is 24.3 Å². The van der Waals surface area contributed by atoms with Gasteiger partial charge in [0.2, 0.25) is 5.91 Å². The second kappa shape index (κ2) is 8.06. The van der Waals surface area contributed by atoms with Crippen LogP contribution in [0, 0.1) is 0 Å². The molecule has 1 atom stereocenters. The number of anilines is 1. The van der Waals surface area contributed by atoms with Crippen molar-refractivity contribution in [3.8, 4) is 5.75 Å². The number of carbonyl (C=O) groups is 1. The average molecular weight is 346 g/mol. The van der Waals surface area contributed by atoms with Crippen LogP contribution in [0.4, 0.5) is 5.69 Å². The average Bonchev–Trinajstić information content (AvgIpc) is 2.67. The number of rotatable bonds is 4.